The van der Waals surface area contributed by atoms with Crippen molar-refractivity contribution in [3.63, 3.8) is 0 Å². The Morgan fingerprint density at radius 2 is 1.32 bits per heavy atom. The Labute approximate surface area is 143 Å². The monoisotopic (exact) mass is 357 g/mol. The highest BCUT2D eigenvalue weighted by molar-refractivity contribution is 5.68. The van der Waals surface area contributed by atoms with Crippen molar-refractivity contribution in [2.24, 2.45) is 0 Å². The van der Waals surface area contributed by atoms with E-state index >= 15 is 0 Å². The van der Waals surface area contributed by atoms with Crippen LogP contribution >= 0.6 is 0 Å². The van der Waals surface area contributed by atoms with Crippen LogP contribution < -0.4 is 0 Å². The van der Waals surface area contributed by atoms with E-state index in [2.05, 4.69) is 0 Å². The van der Waals surface area contributed by atoms with Crippen LogP contribution in [0.5, 0.6) is 0 Å². The predicted molar refractivity (Wildman–Crippen MR) is 77.6 cm³/mol. The fraction of sp³-hybridized carbons (Fsp3) is 0.667. The molecule has 0 saturated carbocycles. The van der Waals surface area contributed by atoms with Crippen LogP contribution in [0.4, 0.5) is 0 Å². The number of hydrogen-bond donors (Lipinski definition) is 0. The molecule has 0 spiro atoms. The van der Waals surface area contributed by atoms with E-state index in [1.165, 1.54) is 0 Å². The van der Waals surface area contributed by atoms with Gasteiger partial charge in [0.1, 0.15) is 12.7 Å². The Morgan fingerprint density at radius 3 is 1.76 bits per heavy atom. The van der Waals surface area contributed by atoms with Gasteiger partial charge in [-0.25, -0.2) is 0 Å². The molecule has 0 aromatic carbocycles. The zero-order chi connectivity index (χ0) is 19.1. The minimum absolute atomic E-state index is 0.351. The molecule has 10 nitrogen and oxygen atoms in total. The van der Waals surface area contributed by atoms with Gasteiger partial charge in [-0.3, -0.25) is 19.2 Å². The summed E-state index contributed by atoms with van der Waals surface area (Å²) in [5, 5.41) is 9.27. The molecule has 0 radical (unpaired) electrons. The molecule has 1 saturated heterocycles. The van der Waals surface area contributed by atoms with Crippen molar-refractivity contribution < 1.29 is 42.9 Å². The van der Waals surface area contributed by atoms with Crippen LogP contribution in [0, 0.1) is 11.3 Å². The summed E-state index contributed by atoms with van der Waals surface area (Å²) in [5.74, 6) is -2.84. The molecule has 138 valence electrons. The van der Waals surface area contributed by atoms with Crippen molar-refractivity contribution in [2.75, 3.05) is 6.61 Å². The number of nitrogens with zero attached hydrogens (tertiary/aromatic N) is 1. The number of hydrogen-bond acceptors (Lipinski definition) is 10. The quantitative estimate of drug-likeness (QED) is 0.473. The van der Waals surface area contributed by atoms with Crippen molar-refractivity contribution in [1.29, 1.82) is 5.26 Å². The predicted octanol–water partition coefficient (Wildman–Crippen LogP) is -0.364. The summed E-state index contributed by atoms with van der Waals surface area (Å²) in [6, 6.07) is 1.78. The molecule has 0 aliphatic carbocycles. The molecule has 0 aromatic heterocycles. The van der Waals surface area contributed by atoms with Gasteiger partial charge in [0.05, 0.1) is 6.07 Å². The molecule has 1 fully saturated rings. The standard InChI is InChI=1S/C15H19NO9/c1-7(17)21-6-12-14(23-9(3)19)15(24-10(4)20)13(22-8(2)18)11(5-16)25-12/h11-15H,6H2,1-4H3/t11-,12-,13+,14-,15-/m1/s1. The second-order valence-corrected chi connectivity index (χ2v) is 5.25. The van der Waals surface area contributed by atoms with E-state index in [4.69, 9.17) is 23.7 Å². The van der Waals surface area contributed by atoms with Crippen LogP contribution in [0.2, 0.25) is 0 Å². The topological polar surface area (TPSA) is 138 Å². The lowest BCUT2D eigenvalue weighted by Gasteiger charge is -2.42. The first-order chi connectivity index (χ1) is 11.6. The average Bonchev–Trinajstić information content (AvgIpc) is 2.48. The summed E-state index contributed by atoms with van der Waals surface area (Å²) in [5.41, 5.74) is 0. The van der Waals surface area contributed by atoms with E-state index in [0.29, 0.717) is 0 Å². The van der Waals surface area contributed by atoms with Gasteiger partial charge in [0.2, 0.25) is 0 Å². The lowest BCUT2D eigenvalue weighted by Crippen LogP contribution is -2.62. The van der Waals surface area contributed by atoms with Crippen molar-refractivity contribution in [2.45, 2.75) is 58.2 Å². The molecule has 10 heteroatoms. The number of carbonyl (C=O) groups excluding carboxylic acids is 4. The summed E-state index contributed by atoms with van der Waals surface area (Å²) in [7, 11) is 0. The van der Waals surface area contributed by atoms with E-state index in [0.717, 1.165) is 27.7 Å². The first-order valence-corrected chi connectivity index (χ1v) is 7.35. The molecular formula is C15H19NO9. The minimum Gasteiger partial charge on any atom is -0.463 e. The molecule has 5 atom stereocenters. The molecular weight excluding hydrogens is 338 g/mol. The second-order valence-electron chi connectivity index (χ2n) is 5.25. The molecule has 25 heavy (non-hydrogen) atoms. The number of esters is 4. The maximum atomic E-state index is 11.4. The van der Waals surface area contributed by atoms with Gasteiger partial charge in [-0.2, -0.15) is 5.26 Å². The highest BCUT2D eigenvalue weighted by Gasteiger charge is 2.52. The highest BCUT2D eigenvalue weighted by Crippen LogP contribution is 2.28. The zero-order valence-electron chi connectivity index (χ0n) is 14.2. The Morgan fingerprint density at radius 1 is 0.840 bits per heavy atom. The zero-order valence-corrected chi connectivity index (χ0v) is 14.2. The van der Waals surface area contributed by atoms with Gasteiger partial charge < -0.3 is 23.7 Å². The third kappa shape index (κ3) is 6.04. The van der Waals surface area contributed by atoms with Crippen LogP contribution in [0.15, 0.2) is 0 Å². The third-order valence-electron chi connectivity index (χ3n) is 3.12. The van der Waals surface area contributed by atoms with Gasteiger partial charge in [-0.05, 0) is 0 Å². The first kappa shape index (κ1) is 20.4. The summed E-state index contributed by atoms with van der Waals surface area (Å²) < 4.78 is 25.6. The number of rotatable bonds is 5. The van der Waals surface area contributed by atoms with E-state index in [-0.39, 0.29) is 6.61 Å². The van der Waals surface area contributed by atoms with Gasteiger partial charge in [0.25, 0.3) is 0 Å². The van der Waals surface area contributed by atoms with Crippen LogP contribution in [-0.4, -0.2) is 61.0 Å². The molecule has 0 aromatic rings. The van der Waals surface area contributed by atoms with Crippen molar-refractivity contribution >= 4 is 23.9 Å². The van der Waals surface area contributed by atoms with Gasteiger partial charge in [0, 0.05) is 27.7 Å². The Kier molecular flexibility index (Phi) is 7.32. The second kappa shape index (κ2) is 8.98. The van der Waals surface area contributed by atoms with Gasteiger partial charge in [-0.1, -0.05) is 0 Å². The summed E-state index contributed by atoms with van der Waals surface area (Å²) in [6.45, 7) is 4.14. The van der Waals surface area contributed by atoms with E-state index in [9.17, 15) is 24.4 Å². The summed E-state index contributed by atoms with van der Waals surface area (Å²) in [6.07, 6.45) is -6.27. The van der Waals surface area contributed by atoms with Crippen LogP contribution in [-0.2, 0) is 42.9 Å². The van der Waals surface area contributed by atoms with Crippen molar-refractivity contribution in [1.82, 2.24) is 0 Å². The Balaban J connectivity index is 3.21. The van der Waals surface area contributed by atoms with E-state index in [1.54, 1.807) is 6.07 Å². The summed E-state index contributed by atoms with van der Waals surface area (Å²) >= 11 is 0. The normalized spacial score (nSPS) is 28.2. The van der Waals surface area contributed by atoms with Gasteiger partial charge >= 0.3 is 23.9 Å². The molecule has 0 N–H and O–H groups in total. The molecule has 1 aliphatic rings. The molecule has 1 heterocycles. The van der Waals surface area contributed by atoms with Gasteiger partial charge in [0.15, 0.2) is 24.4 Å². The third-order valence-corrected chi connectivity index (χ3v) is 3.12. The lowest BCUT2D eigenvalue weighted by atomic mass is 9.94. The SMILES string of the molecule is CC(=O)OC[C@H]1O[C@H](C#N)[C@H](OC(C)=O)[C@@H](OC(C)=O)[C@@H]1OC(C)=O. The fourth-order valence-electron chi connectivity index (χ4n) is 2.33. The Bertz CT molecular complexity index is 582. The molecule has 1 aliphatic heterocycles. The van der Waals surface area contributed by atoms with Crippen LogP contribution in [0.3, 0.4) is 0 Å². The molecule has 0 unspecified atom stereocenters. The maximum Gasteiger partial charge on any atom is 0.303 e. The number of nitriles is 1. The van der Waals surface area contributed by atoms with Crippen molar-refractivity contribution in [3.8, 4) is 6.07 Å². The number of ether oxygens (including phenoxy) is 5. The molecule has 1 rings (SSSR count). The lowest BCUT2D eigenvalue weighted by molar-refractivity contribution is -0.243. The fourth-order valence-corrected chi connectivity index (χ4v) is 2.33. The smallest absolute Gasteiger partial charge is 0.303 e. The molecule has 0 bridgehead atoms. The van der Waals surface area contributed by atoms with Crippen LogP contribution in [0.1, 0.15) is 27.7 Å². The van der Waals surface area contributed by atoms with Gasteiger partial charge in [-0.15, -0.1) is 0 Å². The average molecular weight is 357 g/mol. The van der Waals surface area contributed by atoms with Crippen molar-refractivity contribution in [3.05, 3.63) is 0 Å². The summed E-state index contributed by atoms with van der Waals surface area (Å²) in [4.78, 5) is 45.2. The van der Waals surface area contributed by atoms with Crippen LogP contribution in [0.25, 0.3) is 0 Å². The first-order valence-electron chi connectivity index (χ1n) is 7.35. The largest absolute Gasteiger partial charge is 0.463 e. The molecule has 0 amide bonds. The van der Waals surface area contributed by atoms with E-state index < -0.39 is 54.4 Å². The maximum absolute atomic E-state index is 11.4. The Hall–Kier alpha value is -2.67. The highest BCUT2D eigenvalue weighted by atomic mass is 16.7. The van der Waals surface area contributed by atoms with E-state index in [1.807, 2.05) is 0 Å². The minimum atomic E-state index is -1.32. The number of carbonyl (C=O) groups is 4.